The Morgan fingerprint density at radius 2 is 1.71 bits per heavy atom. The average Bonchev–Trinajstić information content (AvgIpc) is 2.65. The van der Waals surface area contributed by atoms with E-state index in [1.54, 1.807) is 45.4 Å². The van der Waals surface area contributed by atoms with Crippen LogP contribution in [0.25, 0.3) is 0 Å². The number of aryl methyl sites for hydroxylation is 2. The summed E-state index contributed by atoms with van der Waals surface area (Å²) in [5.74, 6) is 0.937. The van der Waals surface area contributed by atoms with Crippen LogP contribution in [0.1, 0.15) is 23.1 Å². The van der Waals surface area contributed by atoms with Gasteiger partial charge in [0.2, 0.25) is 15.9 Å². The summed E-state index contributed by atoms with van der Waals surface area (Å²) in [5, 5.41) is 2.76. The number of carbonyl (C=O) groups is 1. The van der Waals surface area contributed by atoms with Crippen LogP contribution in [-0.2, 0) is 21.4 Å². The van der Waals surface area contributed by atoms with Crippen LogP contribution in [0, 0.1) is 13.8 Å². The van der Waals surface area contributed by atoms with Crippen molar-refractivity contribution in [3.8, 4) is 11.5 Å². The molecule has 0 aromatic heterocycles. The zero-order chi connectivity index (χ0) is 20.7. The molecule has 0 radical (unpaired) electrons. The van der Waals surface area contributed by atoms with Gasteiger partial charge >= 0.3 is 0 Å². The van der Waals surface area contributed by atoms with Crippen LogP contribution in [0.4, 0.5) is 0 Å². The van der Waals surface area contributed by atoms with Crippen molar-refractivity contribution in [3.63, 3.8) is 0 Å². The number of hydrogen-bond acceptors (Lipinski definition) is 5. The first-order chi connectivity index (χ1) is 13.3. The van der Waals surface area contributed by atoms with E-state index in [4.69, 9.17) is 9.47 Å². The molecule has 0 saturated carbocycles. The maximum absolute atomic E-state index is 12.4. The van der Waals surface area contributed by atoms with E-state index in [9.17, 15) is 13.2 Å². The second kappa shape index (κ2) is 9.57. The van der Waals surface area contributed by atoms with Gasteiger partial charge in [0.05, 0.1) is 19.1 Å². The van der Waals surface area contributed by atoms with Crippen LogP contribution in [0.2, 0.25) is 0 Å². The van der Waals surface area contributed by atoms with E-state index in [0.29, 0.717) is 23.6 Å². The zero-order valence-electron chi connectivity index (χ0n) is 16.5. The largest absolute Gasteiger partial charge is 0.493 e. The number of benzene rings is 2. The molecule has 0 aliphatic rings. The molecule has 0 fully saturated rings. The number of rotatable bonds is 9. The number of carbonyl (C=O) groups excluding carboxylic acids is 1. The van der Waals surface area contributed by atoms with Gasteiger partial charge < -0.3 is 14.8 Å². The molecule has 1 amide bonds. The molecule has 2 aromatic rings. The van der Waals surface area contributed by atoms with Crippen molar-refractivity contribution in [2.45, 2.75) is 31.7 Å². The van der Waals surface area contributed by atoms with Crippen molar-refractivity contribution in [1.82, 2.24) is 10.0 Å². The minimum atomic E-state index is -3.65. The Kier molecular flexibility index (Phi) is 7.42. The highest BCUT2D eigenvalue weighted by Gasteiger charge is 2.16. The number of sulfonamides is 1. The SMILES string of the molecule is COc1ccc(CNC(=O)CCNS(=O)(=O)c2ccc(C)cc2C)cc1OC. The fraction of sp³-hybridized carbons (Fsp3) is 0.350. The lowest BCUT2D eigenvalue weighted by Crippen LogP contribution is -2.30. The molecule has 0 aliphatic heterocycles. The number of amides is 1. The minimum Gasteiger partial charge on any atom is -0.493 e. The maximum Gasteiger partial charge on any atom is 0.240 e. The highest BCUT2D eigenvalue weighted by Crippen LogP contribution is 2.27. The Balaban J connectivity index is 1.86. The molecule has 0 saturated heterocycles. The second-order valence-electron chi connectivity index (χ2n) is 6.38. The second-order valence-corrected chi connectivity index (χ2v) is 8.12. The van der Waals surface area contributed by atoms with Crippen LogP contribution in [0.5, 0.6) is 11.5 Å². The van der Waals surface area contributed by atoms with Gasteiger partial charge in [-0.15, -0.1) is 0 Å². The van der Waals surface area contributed by atoms with Crippen molar-refractivity contribution in [3.05, 3.63) is 53.1 Å². The fourth-order valence-electron chi connectivity index (χ4n) is 2.76. The summed E-state index contributed by atoms with van der Waals surface area (Å²) in [5.41, 5.74) is 2.51. The summed E-state index contributed by atoms with van der Waals surface area (Å²) in [6.07, 6.45) is 0.0391. The molecule has 0 aliphatic carbocycles. The summed E-state index contributed by atoms with van der Waals surface area (Å²) >= 11 is 0. The van der Waals surface area contributed by atoms with Crippen molar-refractivity contribution >= 4 is 15.9 Å². The fourth-order valence-corrected chi connectivity index (χ4v) is 4.01. The highest BCUT2D eigenvalue weighted by atomic mass is 32.2. The van der Waals surface area contributed by atoms with Crippen LogP contribution < -0.4 is 19.5 Å². The first-order valence-corrected chi connectivity index (χ1v) is 10.3. The molecule has 2 aromatic carbocycles. The van der Waals surface area contributed by atoms with Crippen LogP contribution in [0.3, 0.4) is 0 Å². The van der Waals surface area contributed by atoms with E-state index in [0.717, 1.165) is 11.1 Å². The molecular weight excluding hydrogens is 380 g/mol. The Hall–Kier alpha value is -2.58. The lowest BCUT2D eigenvalue weighted by molar-refractivity contribution is -0.121. The molecule has 152 valence electrons. The van der Waals surface area contributed by atoms with Gasteiger partial charge in [-0.05, 0) is 43.2 Å². The van der Waals surface area contributed by atoms with E-state index in [1.807, 2.05) is 19.1 Å². The van der Waals surface area contributed by atoms with E-state index in [2.05, 4.69) is 10.0 Å². The topological polar surface area (TPSA) is 93.7 Å². The summed E-state index contributed by atoms with van der Waals surface area (Å²) in [7, 11) is -0.550. The molecule has 28 heavy (non-hydrogen) atoms. The molecule has 0 unspecified atom stereocenters. The van der Waals surface area contributed by atoms with E-state index >= 15 is 0 Å². The van der Waals surface area contributed by atoms with Gasteiger partial charge in [-0.1, -0.05) is 23.8 Å². The lowest BCUT2D eigenvalue weighted by Gasteiger charge is -2.11. The first-order valence-electron chi connectivity index (χ1n) is 8.81. The van der Waals surface area contributed by atoms with Gasteiger partial charge in [0.25, 0.3) is 0 Å². The lowest BCUT2D eigenvalue weighted by atomic mass is 10.2. The van der Waals surface area contributed by atoms with E-state index in [1.165, 1.54) is 0 Å². The van der Waals surface area contributed by atoms with Gasteiger partial charge in [-0.3, -0.25) is 4.79 Å². The quantitative estimate of drug-likeness (QED) is 0.667. The minimum absolute atomic E-state index is 0.0212. The van der Waals surface area contributed by atoms with Crippen molar-refractivity contribution in [2.24, 2.45) is 0 Å². The van der Waals surface area contributed by atoms with Crippen molar-refractivity contribution < 1.29 is 22.7 Å². The summed E-state index contributed by atoms with van der Waals surface area (Å²) < 4.78 is 37.7. The number of methoxy groups -OCH3 is 2. The highest BCUT2D eigenvalue weighted by molar-refractivity contribution is 7.89. The van der Waals surface area contributed by atoms with Crippen molar-refractivity contribution in [1.29, 1.82) is 0 Å². The molecule has 7 nitrogen and oxygen atoms in total. The molecule has 2 rings (SSSR count). The maximum atomic E-state index is 12.4. The van der Waals surface area contributed by atoms with Gasteiger partial charge in [0.1, 0.15) is 0 Å². The Morgan fingerprint density at radius 3 is 2.36 bits per heavy atom. The first kappa shape index (κ1) is 21.7. The smallest absolute Gasteiger partial charge is 0.240 e. The van der Waals surface area contributed by atoms with E-state index < -0.39 is 10.0 Å². The van der Waals surface area contributed by atoms with Crippen LogP contribution >= 0.6 is 0 Å². The van der Waals surface area contributed by atoms with E-state index in [-0.39, 0.29) is 23.8 Å². The molecular formula is C20H26N2O5S. The summed E-state index contributed by atoms with van der Waals surface area (Å²) in [6.45, 7) is 3.98. The molecule has 0 heterocycles. The van der Waals surface area contributed by atoms with Crippen LogP contribution in [0.15, 0.2) is 41.3 Å². The number of nitrogens with one attached hydrogen (secondary N) is 2. The third kappa shape index (κ3) is 5.71. The molecule has 0 atom stereocenters. The standard InChI is InChI=1S/C20H26N2O5S/c1-14-5-8-19(15(2)11-14)28(24,25)22-10-9-20(23)21-13-16-6-7-17(26-3)18(12-16)27-4/h5-8,11-12,22H,9-10,13H2,1-4H3,(H,21,23). The monoisotopic (exact) mass is 406 g/mol. The third-order valence-corrected chi connectivity index (χ3v) is 5.82. The Morgan fingerprint density at radius 1 is 1.00 bits per heavy atom. The molecule has 2 N–H and O–H groups in total. The zero-order valence-corrected chi connectivity index (χ0v) is 17.4. The van der Waals surface area contributed by atoms with Crippen molar-refractivity contribution in [2.75, 3.05) is 20.8 Å². The predicted molar refractivity (Wildman–Crippen MR) is 107 cm³/mol. The van der Waals surface area contributed by atoms with Gasteiger partial charge in [-0.25, -0.2) is 13.1 Å². The average molecular weight is 407 g/mol. The molecule has 0 bridgehead atoms. The normalized spacial score (nSPS) is 11.1. The summed E-state index contributed by atoms with van der Waals surface area (Å²) in [6, 6.07) is 10.5. The molecule has 0 spiro atoms. The Bertz CT molecular complexity index is 942. The molecule has 8 heteroatoms. The van der Waals surface area contributed by atoms with Gasteiger partial charge in [0, 0.05) is 19.5 Å². The van der Waals surface area contributed by atoms with Gasteiger partial charge in [-0.2, -0.15) is 0 Å². The van der Waals surface area contributed by atoms with Crippen LogP contribution in [-0.4, -0.2) is 35.1 Å². The van der Waals surface area contributed by atoms with Gasteiger partial charge in [0.15, 0.2) is 11.5 Å². The predicted octanol–water partition coefficient (Wildman–Crippen LogP) is 2.31. The number of ether oxygens (including phenoxy) is 2. The third-order valence-electron chi connectivity index (χ3n) is 4.20. The summed E-state index contributed by atoms with van der Waals surface area (Å²) in [4.78, 5) is 12.3. The number of hydrogen-bond donors (Lipinski definition) is 2. The Labute approximate surface area is 166 Å².